The zero-order valence-corrected chi connectivity index (χ0v) is 18.2. The lowest BCUT2D eigenvalue weighted by Gasteiger charge is -2.37. The first-order valence-corrected chi connectivity index (χ1v) is 11.2. The molecular formula is C22H34N2O3S. The number of nitrogens with zero attached hydrogens (tertiary/aromatic N) is 1. The molecule has 1 heterocycles. The zero-order valence-electron chi connectivity index (χ0n) is 17.4. The van der Waals surface area contributed by atoms with Crippen molar-refractivity contribution in [2.75, 3.05) is 6.54 Å². The van der Waals surface area contributed by atoms with E-state index in [4.69, 9.17) is 4.74 Å². The molecule has 2 rings (SSSR count). The summed E-state index contributed by atoms with van der Waals surface area (Å²) in [6, 6.07) is 9.83. The van der Waals surface area contributed by atoms with E-state index in [0.29, 0.717) is 13.0 Å². The normalized spacial score (nSPS) is 19.7. The van der Waals surface area contributed by atoms with Gasteiger partial charge in [-0.1, -0.05) is 36.4 Å². The Bertz CT molecular complexity index is 657. The predicted octanol–water partition coefficient (Wildman–Crippen LogP) is 4.56. The van der Waals surface area contributed by atoms with E-state index in [1.54, 1.807) is 0 Å². The number of nitrogens with one attached hydrogen (secondary N) is 1. The minimum Gasteiger partial charge on any atom is -0.445 e. The van der Waals surface area contributed by atoms with Gasteiger partial charge in [0.25, 0.3) is 0 Å². The van der Waals surface area contributed by atoms with Gasteiger partial charge in [-0.3, -0.25) is 0 Å². The summed E-state index contributed by atoms with van der Waals surface area (Å²) in [6.07, 6.45) is 6.07. The molecule has 1 aliphatic rings. The summed E-state index contributed by atoms with van der Waals surface area (Å²) in [5, 5.41) is 0. The number of rotatable bonds is 8. The second-order valence-corrected chi connectivity index (χ2v) is 10.3. The summed E-state index contributed by atoms with van der Waals surface area (Å²) in [5.74, 6) is 0. The third-order valence-electron chi connectivity index (χ3n) is 4.90. The molecule has 0 radical (unpaired) electrons. The minimum atomic E-state index is -1.16. The van der Waals surface area contributed by atoms with Crippen molar-refractivity contribution < 1.29 is 13.7 Å². The molecule has 28 heavy (non-hydrogen) atoms. The maximum absolute atomic E-state index is 12.7. The summed E-state index contributed by atoms with van der Waals surface area (Å²) >= 11 is 0. The van der Waals surface area contributed by atoms with Gasteiger partial charge < -0.3 is 9.64 Å². The minimum absolute atomic E-state index is 0.0186. The topological polar surface area (TPSA) is 58.6 Å². The van der Waals surface area contributed by atoms with Crippen molar-refractivity contribution in [3.05, 3.63) is 48.6 Å². The summed E-state index contributed by atoms with van der Waals surface area (Å²) in [5.41, 5.74) is 0.983. The highest BCUT2D eigenvalue weighted by molar-refractivity contribution is 7.84. The van der Waals surface area contributed by atoms with Gasteiger partial charge in [0.05, 0.1) is 15.7 Å². The fourth-order valence-corrected chi connectivity index (χ4v) is 4.19. The molecule has 6 heteroatoms. The molecule has 1 fully saturated rings. The number of ether oxygens (including phenoxy) is 1. The number of hydrogen-bond acceptors (Lipinski definition) is 3. The van der Waals surface area contributed by atoms with Crippen molar-refractivity contribution in [3.8, 4) is 0 Å². The third kappa shape index (κ3) is 7.06. The molecule has 0 bridgehead atoms. The fourth-order valence-electron chi connectivity index (χ4n) is 3.34. The van der Waals surface area contributed by atoms with E-state index in [-0.39, 0.29) is 29.5 Å². The van der Waals surface area contributed by atoms with Crippen LogP contribution in [0.4, 0.5) is 4.79 Å². The number of piperidine rings is 1. The number of carbonyl (C=O) groups is 1. The third-order valence-corrected chi connectivity index (χ3v) is 6.56. The SMILES string of the molecule is C=CC[C@@H](C[C@H]1CCCCN1C(=O)OCc1ccccc1)N[S@](=O)C(C)(C)C. The molecule has 0 aromatic heterocycles. The highest BCUT2D eigenvalue weighted by Gasteiger charge is 2.31. The van der Waals surface area contributed by atoms with Gasteiger partial charge in [-0.05, 0) is 58.4 Å². The van der Waals surface area contributed by atoms with Crippen LogP contribution < -0.4 is 4.72 Å². The Morgan fingerprint density at radius 1 is 1.36 bits per heavy atom. The number of hydrogen-bond donors (Lipinski definition) is 1. The second-order valence-electron chi connectivity index (χ2n) is 8.34. The molecule has 1 saturated heterocycles. The van der Waals surface area contributed by atoms with Gasteiger partial charge in [0, 0.05) is 18.6 Å². The molecule has 3 atom stereocenters. The zero-order chi connectivity index (χ0) is 20.6. The molecule has 5 nitrogen and oxygen atoms in total. The Balaban J connectivity index is 1.98. The average molecular weight is 407 g/mol. The molecule has 1 aromatic rings. The second kappa shape index (κ2) is 10.8. The Hall–Kier alpha value is -1.66. The van der Waals surface area contributed by atoms with Gasteiger partial charge in [0.15, 0.2) is 0 Å². The largest absolute Gasteiger partial charge is 0.445 e. The molecule has 1 N–H and O–H groups in total. The van der Waals surface area contributed by atoms with Crippen LogP contribution >= 0.6 is 0 Å². The lowest BCUT2D eigenvalue weighted by atomic mass is 9.95. The summed E-state index contributed by atoms with van der Waals surface area (Å²) in [4.78, 5) is 14.6. The number of amides is 1. The summed E-state index contributed by atoms with van der Waals surface area (Å²) < 4.78 is 21.0. The first-order valence-electron chi connectivity index (χ1n) is 10.1. The van der Waals surface area contributed by atoms with Crippen LogP contribution in [0.5, 0.6) is 0 Å². The van der Waals surface area contributed by atoms with Crippen molar-refractivity contribution in [2.24, 2.45) is 0 Å². The molecule has 1 aliphatic heterocycles. The van der Waals surface area contributed by atoms with Crippen LogP contribution in [-0.4, -0.2) is 38.6 Å². The maximum Gasteiger partial charge on any atom is 0.410 e. The van der Waals surface area contributed by atoms with E-state index >= 15 is 0 Å². The van der Waals surface area contributed by atoms with E-state index in [0.717, 1.165) is 31.2 Å². The van der Waals surface area contributed by atoms with Crippen LogP contribution in [0.15, 0.2) is 43.0 Å². The molecule has 1 aromatic carbocycles. The van der Waals surface area contributed by atoms with Crippen molar-refractivity contribution >= 4 is 17.1 Å². The van der Waals surface area contributed by atoms with Crippen LogP contribution in [0.25, 0.3) is 0 Å². The van der Waals surface area contributed by atoms with Gasteiger partial charge in [-0.2, -0.15) is 0 Å². The summed E-state index contributed by atoms with van der Waals surface area (Å²) in [7, 11) is -1.16. The quantitative estimate of drug-likeness (QED) is 0.644. The van der Waals surface area contributed by atoms with Crippen LogP contribution in [0.3, 0.4) is 0 Å². The van der Waals surface area contributed by atoms with E-state index in [1.807, 2.05) is 62.1 Å². The number of likely N-dealkylation sites (tertiary alicyclic amines) is 1. The first-order chi connectivity index (χ1) is 13.3. The Morgan fingerprint density at radius 3 is 2.71 bits per heavy atom. The van der Waals surface area contributed by atoms with E-state index in [2.05, 4.69) is 11.3 Å². The van der Waals surface area contributed by atoms with Gasteiger partial charge in [-0.15, -0.1) is 6.58 Å². The summed E-state index contributed by atoms with van der Waals surface area (Å²) in [6.45, 7) is 10.7. The molecule has 0 spiro atoms. The van der Waals surface area contributed by atoms with Crippen molar-refractivity contribution in [3.63, 3.8) is 0 Å². The smallest absolute Gasteiger partial charge is 0.410 e. The van der Waals surface area contributed by atoms with Crippen molar-refractivity contribution in [1.29, 1.82) is 0 Å². The lowest BCUT2D eigenvalue weighted by Crippen LogP contribution is -2.48. The highest BCUT2D eigenvalue weighted by Crippen LogP contribution is 2.24. The van der Waals surface area contributed by atoms with Gasteiger partial charge >= 0.3 is 6.09 Å². The van der Waals surface area contributed by atoms with Gasteiger partial charge in [0.2, 0.25) is 0 Å². The average Bonchev–Trinajstić information content (AvgIpc) is 2.67. The standard InChI is InChI=1S/C22H34N2O3S/c1-5-11-19(23-28(26)22(2,3)4)16-20-14-9-10-15-24(20)21(25)27-17-18-12-7-6-8-13-18/h5-8,12-13,19-20,23H,1,9-11,14-17H2,2-4H3/t19-,20+,28+/m0/s1. The van der Waals surface area contributed by atoms with Crippen LogP contribution in [0, 0.1) is 0 Å². The molecule has 0 aliphatic carbocycles. The first kappa shape index (κ1) is 22.6. The number of carbonyl (C=O) groups excluding carboxylic acids is 1. The Labute approximate surface area is 172 Å². The van der Waals surface area contributed by atoms with E-state index in [9.17, 15) is 9.00 Å². The molecular weight excluding hydrogens is 372 g/mol. The molecule has 0 unspecified atom stereocenters. The maximum atomic E-state index is 12.7. The monoisotopic (exact) mass is 406 g/mol. The van der Waals surface area contributed by atoms with Crippen LogP contribution in [-0.2, 0) is 22.3 Å². The van der Waals surface area contributed by atoms with Gasteiger partial charge in [-0.25, -0.2) is 13.7 Å². The predicted molar refractivity (Wildman–Crippen MR) is 115 cm³/mol. The van der Waals surface area contributed by atoms with E-state index < -0.39 is 11.0 Å². The molecule has 0 saturated carbocycles. The fraction of sp³-hybridized carbons (Fsp3) is 0.591. The van der Waals surface area contributed by atoms with Crippen LogP contribution in [0.2, 0.25) is 0 Å². The van der Waals surface area contributed by atoms with E-state index in [1.165, 1.54) is 0 Å². The lowest BCUT2D eigenvalue weighted by molar-refractivity contribution is 0.0640. The van der Waals surface area contributed by atoms with Gasteiger partial charge in [0.1, 0.15) is 6.61 Å². The Morgan fingerprint density at radius 2 is 2.07 bits per heavy atom. The Kier molecular flexibility index (Phi) is 8.70. The van der Waals surface area contributed by atoms with Crippen LogP contribution in [0.1, 0.15) is 58.4 Å². The van der Waals surface area contributed by atoms with Crippen molar-refractivity contribution in [2.45, 2.75) is 76.3 Å². The molecule has 1 amide bonds. The van der Waals surface area contributed by atoms with Crippen molar-refractivity contribution in [1.82, 2.24) is 9.62 Å². The molecule has 156 valence electrons. The highest BCUT2D eigenvalue weighted by atomic mass is 32.2. The number of benzene rings is 1.